The Kier molecular flexibility index (Phi) is 2.66. The van der Waals surface area contributed by atoms with Gasteiger partial charge in [0.05, 0.1) is 6.73 Å². The summed E-state index contributed by atoms with van der Waals surface area (Å²) in [6, 6.07) is 0.821. The van der Waals surface area contributed by atoms with Gasteiger partial charge in [-0.25, -0.2) is 0 Å². The first-order valence-electron chi connectivity index (χ1n) is 5.20. The average molecular weight is 169 g/mol. The van der Waals surface area contributed by atoms with Gasteiger partial charge in [-0.1, -0.05) is 6.92 Å². The van der Waals surface area contributed by atoms with Crippen LogP contribution in [0, 0.1) is 5.92 Å². The van der Waals surface area contributed by atoms with Crippen LogP contribution in [0.25, 0.3) is 0 Å². The largest absolute Gasteiger partial charge is 0.366 e. The second-order valence-electron chi connectivity index (χ2n) is 4.18. The van der Waals surface area contributed by atoms with E-state index in [1.165, 1.54) is 32.2 Å². The molecule has 0 saturated carbocycles. The van der Waals surface area contributed by atoms with Crippen LogP contribution in [0.4, 0.5) is 0 Å². The van der Waals surface area contributed by atoms with Gasteiger partial charge in [0, 0.05) is 19.2 Å². The van der Waals surface area contributed by atoms with Crippen molar-refractivity contribution in [2.45, 2.75) is 38.6 Å². The molecule has 0 radical (unpaired) electrons. The Balaban J connectivity index is 2.00. The van der Waals surface area contributed by atoms with Gasteiger partial charge in [-0.15, -0.1) is 0 Å². The van der Waals surface area contributed by atoms with E-state index in [4.69, 9.17) is 4.74 Å². The maximum Gasteiger partial charge on any atom is 0.0992 e. The van der Waals surface area contributed by atoms with Crippen LogP contribution in [-0.4, -0.2) is 30.8 Å². The molecular formula is C10H19NO. The lowest BCUT2D eigenvalue weighted by atomic mass is 9.88. The minimum Gasteiger partial charge on any atom is -0.366 e. The van der Waals surface area contributed by atoms with E-state index in [-0.39, 0.29) is 0 Å². The predicted octanol–water partition coefficient (Wildman–Crippen LogP) is 1.85. The predicted molar refractivity (Wildman–Crippen MR) is 48.9 cm³/mol. The van der Waals surface area contributed by atoms with Crippen molar-refractivity contribution in [1.82, 2.24) is 4.90 Å². The summed E-state index contributed by atoms with van der Waals surface area (Å²) in [5.74, 6) is 0.889. The number of nitrogens with zero attached hydrogens (tertiary/aromatic N) is 1. The third-order valence-corrected chi connectivity index (χ3v) is 3.28. The summed E-state index contributed by atoms with van der Waals surface area (Å²) in [7, 11) is 0. The van der Waals surface area contributed by atoms with E-state index >= 15 is 0 Å². The van der Waals surface area contributed by atoms with Gasteiger partial charge < -0.3 is 4.74 Å². The molecule has 12 heavy (non-hydrogen) atoms. The second kappa shape index (κ2) is 3.75. The molecule has 0 amide bonds. The van der Waals surface area contributed by atoms with Gasteiger partial charge in [-0.05, 0) is 31.6 Å². The fourth-order valence-electron chi connectivity index (χ4n) is 2.54. The Morgan fingerprint density at radius 1 is 1.25 bits per heavy atom. The molecule has 2 fully saturated rings. The Morgan fingerprint density at radius 3 is 3.08 bits per heavy atom. The van der Waals surface area contributed by atoms with Crippen molar-refractivity contribution in [1.29, 1.82) is 0 Å². The maximum atomic E-state index is 5.54. The first-order valence-corrected chi connectivity index (χ1v) is 5.20. The number of hydrogen-bond donors (Lipinski definition) is 0. The lowest BCUT2D eigenvalue weighted by molar-refractivity contribution is -0.000658. The molecule has 0 aromatic heterocycles. The van der Waals surface area contributed by atoms with E-state index in [2.05, 4.69) is 11.8 Å². The van der Waals surface area contributed by atoms with Gasteiger partial charge in [0.15, 0.2) is 0 Å². The van der Waals surface area contributed by atoms with E-state index in [0.29, 0.717) is 0 Å². The van der Waals surface area contributed by atoms with Gasteiger partial charge in [-0.3, -0.25) is 4.90 Å². The standard InChI is InChI=1S/C10H19NO/c1-9-4-2-6-11-8-12-7-3-5-10(9)11/h9-10H,2-8H2,1H3/t9-,10-/m1/s1. The lowest BCUT2D eigenvalue weighted by Crippen LogP contribution is -2.43. The molecule has 2 atom stereocenters. The Bertz CT molecular complexity index is 149. The molecule has 2 heteroatoms. The second-order valence-corrected chi connectivity index (χ2v) is 4.18. The first-order chi connectivity index (χ1) is 5.88. The topological polar surface area (TPSA) is 12.5 Å². The Morgan fingerprint density at radius 2 is 2.17 bits per heavy atom. The number of rotatable bonds is 0. The van der Waals surface area contributed by atoms with Crippen molar-refractivity contribution in [3.05, 3.63) is 0 Å². The molecule has 70 valence electrons. The van der Waals surface area contributed by atoms with Crippen LogP contribution < -0.4 is 0 Å². The highest BCUT2D eigenvalue weighted by Crippen LogP contribution is 2.27. The van der Waals surface area contributed by atoms with E-state index in [1.54, 1.807) is 0 Å². The van der Waals surface area contributed by atoms with Crippen molar-refractivity contribution in [3.8, 4) is 0 Å². The minimum atomic E-state index is 0.821. The van der Waals surface area contributed by atoms with Crippen LogP contribution in [0.5, 0.6) is 0 Å². The Labute approximate surface area is 74.9 Å². The molecule has 0 N–H and O–H groups in total. The summed E-state index contributed by atoms with van der Waals surface area (Å²) in [6.07, 6.45) is 5.38. The number of piperidine rings is 1. The summed E-state index contributed by atoms with van der Waals surface area (Å²) in [5.41, 5.74) is 0. The zero-order chi connectivity index (χ0) is 8.39. The van der Waals surface area contributed by atoms with Crippen LogP contribution in [0.2, 0.25) is 0 Å². The lowest BCUT2D eigenvalue weighted by Gasteiger charge is -2.38. The molecule has 0 aliphatic carbocycles. The van der Waals surface area contributed by atoms with E-state index < -0.39 is 0 Å². The summed E-state index contributed by atoms with van der Waals surface area (Å²) in [6.45, 7) is 5.51. The molecule has 0 unspecified atom stereocenters. The molecule has 2 aliphatic rings. The highest BCUT2D eigenvalue weighted by molar-refractivity contribution is 4.81. The van der Waals surface area contributed by atoms with E-state index in [1.807, 2.05) is 0 Å². The molecular weight excluding hydrogens is 150 g/mol. The first kappa shape index (κ1) is 8.52. The van der Waals surface area contributed by atoms with Crippen LogP contribution in [0.3, 0.4) is 0 Å². The fraction of sp³-hybridized carbons (Fsp3) is 1.00. The molecule has 0 aromatic rings. The number of fused-ring (bicyclic) bond motifs is 1. The molecule has 2 rings (SSSR count). The van der Waals surface area contributed by atoms with Gasteiger partial charge in [0.25, 0.3) is 0 Å². The molecule has 0 bridgehead atoms. The molecule has 2 nitrogen and oxygen atoms in total. The zero-order valence-corrected chi connectivity index (χ0v) is 7.96. The van der Waals surface area contributed by atoms with Crippen molar-refractivity contribution in [2.24, 2.45) is 5.92 Å². The van der Waals surface area contributed by atoms with Gasteiger partial charge in [0.2, 0.25) is 0 Å². The third-order valence-electron chi connectivity index (χ3n) is 3.28. The summed E-state index contributed by atoms with van der Waals surface area (Å²) in [4.78, 5) is 2.53. The molecule has 2 heterocycles. The normalized spacial score (nSPS) is 38.8. The summed E-state index contributed by atoms with van der Waals surface area (Å²) in [5, 5.41) is 0. The van der Waals surface area contributed by atoms with E-state index in [9.17, 15) is 0 Å². The van der Waals surface area contributed by atoms with Crippen molar-refractivity contribution in [3.63, 3.8) is 0 Å². The van der Waals surface area contributed by atoms with Gasteiger partial charge in [-0.2, -0.15) is 0 Å². The summed E-state index contributed by atoms with van der Waals surface area (Å²) >= 11 is 0. The minimum absolute atomic E-state index is 0.821. The molecule has 2 aliphatic heterocycles. The number of hydrogen-bond acceptors (Lipinski definition) is 2. The molecule has 0 spiro atoms. The van der Waals surface area contributed by atoms with Crippen LogP contribution in [0.15, 0.2) is 0 Å². The van der Waals surface area contributed by atoms with Crippen LogP contribution >= 0.6 is 0 Å². The highest BCUT2D eigenvalue weighted by Gasteiger charge is 2.29. The smallest absolute Gasteiger partial charge is 0.0992 e. The van der Waals surface area contributed by atoms with E-state index in [0.717, 1.165) is 25.3 Å². The molecule has 2 saturated heterocycles. The SMILES string of the molecule is C[C@@H]1CCCN2COCCC[C@H]12. The highest BCUT2D eigenvalue weighted by atomic mass is 16.5. The Hall–Kier alpha value is -0.0800. The van der Waals surface area contributed by atoms with Gasteiger partial charge >= 0.3 is 0 Å². The monoisotopic (exact) mass is 169 g/mol. The quantitative estimate of drug-likeness (QED) is 0.549. The summed E-state index contributed by atoms with van der Waals surface area (Å²) < 4.78 is 5.54. The maximum absolute atomic E-state index is 5.54. The van der Waals surface area contributed by atoms with Crippen LogP contribution in [0.1, 0.15) is 32.6 Å². The van der Waals surface area contributed by atoms with Gasteiger partial charge in [0.1, 0.15) is 0 Å². The average Bonchev–Trinajstić information content (AvgIpc) is 2.30. The fourth-order valence-corrected chi connectivity index (χ4v) is 2.54. The third kappa shape index (κ3) is 1.64. The van der Waals surface area contributed by atoms with Crippen molar-refractivity contribution >= 4 is 0 Å². The zero-order valence-electron chi connectivity index (χ0n) is 7.96. The van der Waals surface area contributed by atoms with Crippen LogP contribution in [-0.2, 0) is 4.74 Å². The van der Waals surface area contributed by atoms with Crippen molar-refractivity contribution in [2.75, 3.05) is 19.9 Å². The molecule has 0 aromatic carbocycles. The number of ether oxygens (including phenoxy) is 1. The van der Waals surface area contributed by atoms with Crippen molar-refractivity contribution < 1.29 is 4.74 Å².